The van der Waals surface area contributed by atoms with Gasteiger partial charge in [-0.1, -0.05) is 0 Å². The second kappa shape index (κ2) is 1.22. The Morgan fingerprint density at radius 2 is 2.71 bits per heavy atom. The number of aromatic nitrogens is 2. The summed E-state index contributed by atoms with van der Waals surface area (Å²) in [4.78, 5) is 0.292. The van der Waals surface area contributed by atoms with Gasteiger partial charge < -0.3 is 5.21 Å². The van der Waals surface area contributed by atoms with Crippen molar-refractivity contribution < 1.29 is 9.53 Å². The fourth-order valence-corrected chi connectivity index (χ4v) is 0.226. The van der Waals surface area contributed by atoms with Crippen LogP contribution in [0, 0.1) is 18.3 Å². The molecule has 1 rings (SSSR count). The topological polar surface area (TPSA) is 53.0 Å². The van der Waals surface area contributed by atoms with Gasteiger partial charge in [-0.15, -0.1) is 0 Å². The molecule has 0 spiro atoms. The van der Waals surface area contributed by atoms with Gasteiger partial charge in [0, 0.05) is 6.92 Å². The van der Waals surface area contributed by atoms with Crippen molar-refractivity contribution in [2.45, 2.75) is 6.92 Å². The van der Waals surface area contributed by atoms with E-state index in [4.69, 9.17) is 0 Å². The van der Waals surface area contributed by atoms with Gasteiger partial charge in [-0.05, 0) is 4.90 Å². The molecule has 1 aromatic heterocycles. The molecule has 0 aliphatic carbocycles. The average Bonchev–Trinajstić information content (AvgIpc) is 1.91. The van der Waals surface area contributed by atoms with Crippen LogP contribution in [0.2, 0.25) is 0 Å². The zero-order valence-corrected chi connectivity index (χ0v) is 3.71. The highest BCUT2D eigenvalue weighted by Crippen LogP contribution is 1.77. The van der Waals surface area contributed by atoms with Crippen molar-refractivity contribution in [3.05, 3.63) is 17.1 Å². The van der Waals surface area contributed by atoms with Crippen LogP contribution in [0.15, 0.2) is 4.63 Å². The van der Waals surface area contributed by atoms with Crippen molar-refractivity contribution >= 4 is 0 Å². The molecule has 0 saturated heterocycles. The second-order valence-corrected chi connectivity index (χ2v) is 1.13. The zero-order chi connectivity index (χ0) is 5.28. The first-order valence-corrected chi connectivity index (χ1v) is 1.74. The van der Waals surface area contributed by atoms with E-state index in [0.717, 1.165) is 0 Å². The lowest BCUT2D eigenvalue weighted by atomic mass is 10.6. The Hall–Kier alpha value is -1.06. The van der Waals surface area contributed by atoms with Gasteiger partial charge in [0.15, 0.2) is 0 Å². The first-order chi connectivity index (χ1) is 3.30. The number of aryl methyl sites for hydroxylation is 1. The Bertz CT molecular complexity index is 143. The summed E-state index contributed by atoms with van der Waals surface area (Å²) in [6.07, 6.45) is 2.30. The lowest BCUT2D eigenvalue weighted by Crippen LogP contribution is -2.25. The lowest BCUT2D eigenvalue weighted by molar-refractivity contribution is -0.806. The maximum atomic E-state index is 10.1. The molecule has 37 valence electrons. The summed E-state index contributed by atoms with van der Waals surface area (Å²) in [5.41, 5.74) is 0.347. The quantitative estimate of drug-likeness (QED) is 0.409. The highest BCUT2D eigenvalue weighted by atomic mass is 16.8. The molecule has 0 fully saturated rings. The minimum atomic E-state index is 0.292. The fourth-order valence-electron chi connectivity index (χ4n) is 0.226. The van der Waals surface area contributed by atoms with Gasteiger partial charge in [0.05, 0.1) is 5.16 Å². The molecule has 0 N–H and O–H groups in total. The molecular weight excluding hydrogens is 96.0 g/mol. The van der Waals surface area contributed by atoms with Gasteiger partial charge in [-0.3, -0.25) is 4.63 Å². The van der Waals surface area contributed by atoms with Crippen molar-refractivity contribution in [2.24, 2.45) is 0 Å². The number of rotatable bonds is 0. The van der Waals surface area contributed by atoms with Crippen LogP contribution < -0.4 is 4.90 Å². The largest absolute Gasteiger partial charge is 0.359 e. The van der Waals surface area contributed by atoms with Crippen LogP contribution in [-0.4, -0.2) is 5.16 Å². The molecule has 0 unspecified atom stereocenters. The highest BCUT2D eigenvalue weighted by molar-refractivity contribution is 4.72. The predicted molar refractivity (Wildman–Crippen MR) is 19.0 cm³/mol. The summed E-state index contributed by atoms with van der Waals surface area (Å²) in [6.45, 7) is 1.56. The summed E-state index contributed by atoms with van der Waals surface area (Å²) < 4.78 is 4.02. The maximum absolute atomic E-state index is 10.1. The zero-order valence-electron chi connectivity index (χ0n) is 3.71. The Kier molecular flexibility index (Phi) is 0.714. The molecule has 0 saturated carbocycles. The van der Waals surface area contributed by atoms with E-state index in [1.807, 2.05) is 0 Å². The van der Waals surface area contributed by atoms with E-state index in [1.54, 1.807) is 6.92 Å². The Morgan fingerprint density at radius 3 is 2.86 bits per heavy atom. The summed E-state index contributed by atoms with van der Waals surface area (Å²) in [5, 5.41) is 13.1. The molecule has 0 atom stereocenters. The average molecular weight is 99.1 g/mol. The number of hydrogen-bond donors (Lipinski definition) is 0. The van der Waals surface area contributed by atoms with Crippen molar-refractivity contribution in [3.63, 3.8) is 0 Å². The normalized spacial score (nSPS) is 9.29. The molecule has 1 radical (unpaired) electrons. The molecule has 1 heterocycles. The van der Waals surface area contributed by atoms with Crippen LogP contribution >= 0.6 is 0 Å². The third-order valence-electron chi connectivity index (χ3n) is 0.596. The van der Waals surface area contributed by atoms with E-state index >= 15 is 0 Å². The Morgan fingerprint density at radius 1 is 2.00 bits per heavy atom. The van der Waals surface area contributed by atoms with Crippen LogP contribution in [0.3, 0.4) is 0 Å². The van der Waals surface area contributed by atoms with Gasteiger partial charge in [0.2, 0.25) is 5.69 Å². The summed E-state index contributed by atoms with van der Waals surface area (Å²) in [6, 6.07) is 0. The fraction of sp³-hybridized carbons (Fsp3) is 0.333. The number of hydrogen-bond acceptors (Lipinski definition) is 3. The third-order valence-corrected chi connectivity index (χ3v) is 0.596. The van der Waals surface area contributed by atoms with E-state index in [0.29, 0.717) is 10.6 Å². The SMILES string of the molecule is Cc1[c]no[n+]1[O-]. The highest BCUT2D eigenvalue weighted by Gasteiger charge is 1.96. The van der Waals surface area contributed by atoms with Crippen LogP contribution in [0.1, 0.15) is 5.69 Å². The van der Waals surface area contributed by atoms with Crippen LogP contribution in [0.5, 0.6) is 0 Å². The molecule has 4 nitrogen and oxygen atoms in total. The Labute approximate surface area is 39.9 Å². The van der Waals surface area contributed by atoms with Gasteiger partial charge in [-0.2, -0.15) is 0 Å². The minimum absolute atomic E-state index is 0.292. The van der Waals surface area contributed by atoms with Crippen molar-refractivity contribution in [2.75, 3.05) is 0 Å². The summed E-state index contributed by atoms with van der Waals surface area (Å²) in [7, 11) is 0. The lowest BCUT2D eigenvalue weighted by Gasteiger charge is -1.80. The van der Waals surface area contributed by atoms with Crippen molar-refractivity contribution in [1.82, 2.24) is 5.16 Å². The number of nitrogens with zero attached hydrogens (tertiary/aromatic N) is 2. The van der Waals surface area contributed by atoms with Gasteiger partial charge in [0.25, 0.3) is 0 Å². The van der Waals surface area contributed by atoms with E-state index < -0.39 is 0 Å². The van der Waals surface area contributed by atoms with E-state index in [9.17, 15) is 5.21 Å². The molecule has 1 aromatic rings. The molecule has 0 aliphatic heterocycles. The molecule has 7 heavy (non-hydrogen) atoms. The van der Waals surface area contributed by atoms with Crippen LogP contribution in [0.25, 0.3) is 0 Å². The third kappa shape index (κ3) is 0.534. The minimum Gasteiger partial charge on any atom is -0.359 e. The van der Waals surface area contributed by atoms with Crippen LogP contribution in [-0.2, 0) is 0 Å². The van der Waals surface area contributed by atoms with E-state index in [-0.39, 0.29) is 0 Å². The standard InChI is InChI=1S/C3H3N2O2/c1-3-2-4-7-5(3)6/h1H3. The molecule has 0 amide bonds. The van der Waals surface area contributed by atoms with Gasteiger partial charge in [0.1, 0.15) is 0 Å². The summed E-state index contributed by atoms with van der Waals surface area (Å²) >= 11 is 0. The summed E-state index contributed by atoms with van der Waals surface area (Å²) in [5.74, 6) is 0. The smallest absolute Gasteiger partial charge is 0.301 e. The molecule has 0 aliphatic rings. The van der Waals surface area contributed by atoms with Crippen molar-refractivity contribution in [3.8, 4) is 0 Å². The van der Waals surface area contributed by atoms with Crippen molar-refractivity contribution in [1.29, 1.82) is 0 Å². The molecule has 4 heteroatoms. The van der Waals surface area contributed by atoms with E-state index in [1.165, 1.54) is 0 Å². The maximum Gasteiger partial charge on any atom is 0.301 e. The molecule has 0 bridgehead atoms. The first kappa shape index (κ1) is 4.11. The van der Waals surface area contributed by atoms with Gasteiger partial charge >= 0.3 is 6.20 Å². The molecule has 0 aromatic carbocycles. The monoisotopic (exact) mass is 99.0 g/mol. The Balaban J connectivity index is 3.12. The van der Waals surface area contributed by atoms with Crippen LogP contribution in [0.4, 0.5) is 0 Å². The van der Waals surface area contributed by atoms with E-state index in [2.05, 4.69) is 16.0 Å². The predicted octanol–water partition coefficient (Wildman–Crippen LogP) is -0.583. The second-order valence-electron chi connectivity index (χ2n) is 1.13. The molecular formula is C3H3N2O2. The van der Waals surface area contributed by atoms with Gasteiger partial charge in [-0.25, -0.2) is 0 Å². The first-order valence-electron chi connectivity index (χ1n) is 1.74.